The quantitative estimate of drug-likeness (QED) is 0.464. The Morgan fingerprint density at radius 2 is 1.56 bits per heavy atom. The number of carbonyl (C=O) groups is 3. The van der Waals surface area contributed by atoms with E-state index in [4.69, 9.17) is 5.26 Å². The summed E-state index contributed by atoms with van der Waals surface area (Å²) in [6.07, 6.45) is -4.42. The molecule has 3 atom stereocenters. The summed E-state index contributed by atoms with van der Waals surface area (Å²) in [5.41, 5.74) is -0.490. The molecular formula is C29H21F3N4O3. The second-order valence-electron chi connectivity index (χ2n) is 9.85. The van der Waals surface area contributed by atoms with Crippen LogP contribution in [0.25, 0.3) is 0 Å². The first-order valence-corrected chi connectivity index (χ1v) is 12.4. The lowest BCUT2D eigenvalue weighted by Crippen LogP contribution is -2.55. The standard InChI is InChI=1S/C29H21F3N4O3/c30-29(31,32)22-13-20(12-11-19(22)15-33)36-27(38)25-23-14-21(35(25)28(36)39)16-34(23)26(37)24(17-7-3-1-4-8-17)18-9-5-2-6-10-18/h1-13,21,23-25H,14,16H2/t21-,23?,25-/m1/s1. The van der Waals surface area contributed by atoms with Crippen molar-refractivity contribution in [2.45, 2.75) is 36.6 Å². The Morgan fingerprint density at radius 1 is 0.949 bits per heavy atom. The Kier molecular flexibility index (Phi) is 5.68. The maximum atomic E-state index is 14.0. The average Bonchev–Trinajstić information content (AvgIpc) is 3.60. The number of piperazine rings is 1. The predicted molar refractivity (Wildman–Crippen MR) is 133 cm³/mol. The molecule has 4 amide bonds. The third-order valence-corrected chi connectivity index (χ3v) is 7.75. The van der Waals surface area contributed by atoms with Gasteiger partial charge in [0.2, 0.25) is 5.91 Å². The summed E-state index contributed by atoms with van der Waals surface area (Å²) in [7, 11) is 0. The van der Waals surface area contributed by atoms with Gasteiger partial charge in [-0.3, -0.25) is 9.59 Å². The molecule has 1 unspecified atom stereocenters. The average molecular weight is 531 g/mol. The number of hydrogen-bond acceptors (Lipinski definition) is 4. The summed E-state index contributed by atoms with van der Waals surface area (Å²) in [4.78, 5) is 44.7. The number of nitrogens with zero attached hydrogens (tertiary/aromatic N) is 4. The number of carbonyl (C=O) groups excluding carboxylic acids is 3. The molecule has 0 N–H and O–H groups in total. The maximum Gasteiger partial charge on any atom is 0.417 e. The minimum absolute atomic E-state index is 0.198. The van der Waals surface area contributed by atoms with Crippen molar-refractivity contribution in [3.8, 4) is 6.07 Å². The molecule has 3 aliphatic heterocycles. The fraction of sp³-hybridized carbons (Fsp3) is 0.241. The number of fused-ring (bicyclic) bond motifs is 5. The van der Waals surface area contributed by atoms with Crippen LogP contribution in [-0.2, 0) is 15.8 Å². The summed E-state index contributed by atoms with van der Waals surface area (Å²) >= 11 is 0. The first-order valence-electron chi connectivity index (χ1n) is 12.4. The van der Waals surface area contributed by atoms with Crippen LogP contribution in [0, 0.1) is 11.3 Å². The van der Waals surface area contributed by atoms with Crippen molar-refractivity contribution >= 4 is 23.5 Å². The molecule has 0 radical (unpaired) electrons. The number of halogens is 3. The van der Waals surface area contributed by atoms with Crippen LogP contribution in [0.15, 0.2) is 78.9 Å². The first-order chi connectivity index (χ1) is 18.7. The van der Waals surface area contributed by atoms with Crippen LogP contribution >= 0.6 is 0 Å². The Bertz CT molecular complexity index is 1480. The molecule has 3 aromatic rings. The first kappa shape index (κ1) is 24.7. The van der Waals surface area contributed by atoms with Gasteiger partial charge < -0.3 is 9.80 Å². The molecule has 7 nitrogen and oxygen atoms in total. The number of amides is 4. The monoisotopic (exact) mass is 530 g/mol. The number of urea groups is 1. The number of alkyl halides is 3. The fourth-order valence-electron chi connectivity index (χ4n) is 6.09. The highest BCUT2D eigenvalue weighted by atomic mass is 19.4. The summed E-state index contributed by atoms with van der Waals surface area (Å²) in [6, 6.07) is 20.1. The van der Waals surface area contributed by atoms with Crippen LogP contribution < -0.4 is 4.90 Å². The van der Waals surface area contributed by atoms with Gasteiger partial charge in [0.05, 0.1) is 40.9 Å². The molecule has 10 heteroatoms. The number of nitriles is 1. The zero-order valence-electron chi connectivity index (χ0n) is 20.4. The molecule has 196 valence electrons. The van der Waals surface area contributed by atoms with Gasteiger partial charge in [0.25, 0.3) is 5.91 Å². The second kappa shape index (κ2) is 8.98. The Balaban J connectivity index is 1.33. The summed E-state index contributed by atoms with van der Waals surface area (Å²) in [6.45, 7) is 0.226. The molecular weight excluding hydrogens is 509 g/mol. The number of hydrogen-bond donors (Lipinski definition) is 0. The highest BCUT2D eigenvalue weighted by molar-refractivity contribution is 6.22. The fourth-order valence-corrected chi connectivity index (χ4v) is 6.09. The molecule has 3 aliphatic rings. The van der Waals surface area contributed by atoms with E-state index in [1.54, 1.807) is 4.90 Å². The maximum absolute atomic E-state index is 14.0. The van der Waals surface area contributed by atoms with Crippen molar-refractivity contribution in [3.05, 3.63) is 101 Å². The van der Waals surface area contributed by atoms with E-state index >= 15 is 0 Å². The number of benzene rings is 3. The van der Waals surface area contributed by atoms with E-state index in [0.717, 1.165) is 28.2 Å². The highest BCUT2D eigenvalue weighted by Crippen LogP contribution is 2.45. The molecule has 39 heavy (non-hydrogen) atoms. The van der Waals surface area contributed by atoms with Gasteiger partial charge in [-0.25, -0.2) is 9.69 Å². The van der Waals surface area contributed by atoms with Crippen molar-refractivity contribution in [3.63, 3.8) is 0 Å². The third kappa shape index (κ3) is 3.84. The number of rotatable bonds is 4. The lowest BCUT2D eigenvalue weighted by atomic mass is 9.89. The van der Waals surface area contributed by atoms with Gasteiger partial charge in [-0.15, -0.1) is 0 Å². The van der Waals surface area contributed by atoms with E-state index in [1.807, 2.05) is 60.7 Å². The van der Waals surface area contributed by atoms with Crippen LogP contribution in [0.4, 0.5) is 23.7 Å². The van der Waals surface area contributed by atoms with Crippen LogP contribution in [0.5, 0.6) is 0 Å². The molecule has 0 spiro atoms. The van der Waals surface area contributed by atoms with Gasteiger partial charge in [0.1, 0.15) is 6.04 Å². The molecule has 3 aromatic carbocycles. The third-order valence-electron chi connectivity index (χ3n) is 7.75. The van der Waals surface area contributed by atoms with Crippen molar-refractivity contribution in [2.24, 2.45) is 0 Å². The summed E-state index contributed by atoms with van der Waals surface area (Å²) in [5.74, 6) is -1.49. The van der Waals surface area contributed by atoms with E-state index in [9.17, 15) is 27.6 Å². The largest absolute Gasteiger partial charge is 0.417 e. The minimum atomic E-state index is -4.84. The van der Waals surface area contributed by atoms with Crippen LogP contribution in [0.3, 0.4) is 0 Å². The lowest BCUT2D eigenvalue weighted by Gasteiger charge is -2.37. The predicted octanol–water partition coefficient (Wildman–Crippen LogP) is 4.53. The molecule has 3 fully saturated rings. The minimum Gasteiger partial charge on any atom is -0.334 e. The summed E-state index contributed by atoms with van der Waals surface area (Å²) in [5, 5.41) is 9.10. The van der Waals surface area contributed by atoms with Gasteiger partial charge in [0, 0.05) is 6.54 Å². The van der Waals surface area contributed by atoms with Crippen molar-refractivity contribution in [2.75, 3.05) is 11.4 Å². The Hall–Kier alpha value is -4.65. The second-order valence-corrected chi connectivity index (χ2v) is 9.85. The van der Waals surface area contributed by atoms with Gasteiger partial charge in [-0.2, -0.15) is 18.4 Å². The summed E-state index contributed by atoms with van der Waals surface area (Å²) < 4.78 is 40.7. The van der Waals surface area contributed by atoms with Gasteiger partial charge >= 0.3 is 12.2 Å². The lowest BCUT2D eigenvalue weighted by molar-refractivity contribution is -0.138. The highest BCUT2D eigenvalue weighted by Gasteiger charge is 2.63. The molecule has 0 aromatic heterocycles. The van der Waals surface area contributed by atoms with Crippen molar-refractivity contribution in [1.82, 2.24) is 9.80 Å². The SMILES string of the molecule is N#Cc1ccc(N2C(=O)[C@H]3C4C[C@H](CN4C(=O)C(c4ccccc4)c4ccccc4)N3C2=O)cc1C(F)(F)F. The van der Waals surface area contributed by atoms with Crippen molar-refractivity contribution < 1.29 is 27.6 Å². The van der Waals surface area contributed by atoms with Gasteiger partial charge in [-0.1, -0.05) is 60.7 Å². The van der Waals surface area contributed by atoms with Crippen LogP contribution in [0.1, 0.15) is 34.6 Å². The zero-order chi connectivity index (χ0) is 27.5. The smallest absolute Gasteiger partial charge is 0.334 e. The number of imide groups is 1. The van der Waals surface area contributed by atoms with Gasteiger partial charge in [-0.05, 0) is 35.7 Å². The van der Waals surface area contributed by atoms with E-state index in [2.05, 4.69) is 0 Å². The zero-order valence-corrected chi connectivity index (χ0v) is 20.4. The van der Waals surface area contributed by atoms with Gasteiger partial charge in [0.15, 0.2) is 0 Å². The molecule has 6 rings (SSSR count). The normalized spacial score (nSPS) is 22.0. The van der Waals surface area contributed by atoms with Crippen LogP contribution in [0.2, 0.25) is 0 Å². The van der Waals surface area contributed by atoms with E-state index in [-0.39, 0.29) is 18.1 Å². The van der Waals surface area contributed by atoms with Crippen molar-refractivity contribution in [1.29, 1.82) is 5.26 Å². The topological polar surface area (TPSA) is 84.7 Å². The molecule has 0 saturated carbocycles. The Morgan fingerprint density at radius 3 is 2.13 bits per heavy atom. The number of anilines is 1. The molecule has 2 bridgehead atoms. The van der Waals surface area contributed by atoms with E-state index in [1.165, 1.54) is 11.0 Å². The number of likely N-dealkylation sites (tertiary alicyclic amines) is 1. The van der Waals surface area contributed by atoms with E-state index < -0.39 is 53.3 Å². The molecule has 0 aliphatic carbocycles. The van der Waals surface area contributed by atoms with Crippen LogP contribution in [-0.4, -0.2) is 52.3 Å². The molecule has 3 saturated heterocycles. The molecule has 3 heterocycles. The van der Waals surface area contributed by atoms with E-state index in [0.29, 0.717) is 12.5 Å². The Labute approximate surface area is 221 Å².